The van der Waals surface area contributed by atoms with E-state index in [9.17, 15) is 18.0 Å². The highest BCUT2D eigenvalue weighted by molar-refractivity contribution is 5.98. The second kappa shape index (κ2) is 11.1. The van der Waals surface area contributed by atoms with Crippen LogP contribution in [-0.2, 0) is 19.1 Å². The van der Waals surface area contributed by atoms with E-state index in [2.05, 4.69) is 21.7 Å². The molecule has 4 rings (SSSR count). The molecule has 1 fully saturated rings. The number of carbonyl (C=O) groups is 1. The Morgan fingerprint density at radius 3 is 2.50 bits per heavy atom. The largest absolute Gasteiger partial charge is 0.416 e. The number of hydrogen-bond acceptors (Lipinski definition) is 4. The first-order valence-corrected chi connectivity index (χ1v) is 11.8. The first kappa shape index (κ1) is 25.6. The van der Waals surface area contributed by atoms with E-state index in [-0.39, 0.29) is 24.3 Å². The van der Waals surface area contributed by atoms with Crippen LogP contribution in [0.2, 0.25) is 0 Å². The number of aromatic nitrogens is 1. The van der Waals surface area contributed by atoms with Crippen LogP contribution in [0.1, 0.15) is 43.7 Å². The van der Waals surface area contributed by atoms with Crippen molar-refractivity contribution in [2.24, 2.45) is 0 Å². The van der Waals surface area contributed by atoms with E-state index in [4.69, 9.17) is 0 Å². The van der Waals surface area contributed by atoms with Crippen LogP contribution in [0.5, 0.6) is 0 Å². The summed E-state index contributed by atoms with van der Waals surface area (Å²) >= 11 is 0. The summed E-state index contributed by atoms with van der Waals surface area (Å²) in [6.07, 6.45) is -1.28. The molecule has 0 unspecified atom stereocenters. The summed E-state index contributed by atoms with van der Waals surface area (Å²) < 4.78 is 41.7. The fourth-order valence-corrected chi connectivity index (χ4v) is 4.18. The fourth-order valence-electron chi connectivity index (χ4n) is 4.18. The van der Waals surface area contributed by atoms with Crippen LogP contribution >= 0.6 is 0 Å². The quantitative estimate of drug-likeness (QED) is 0.373. The molecule has 1 aliphatic rings. The number of nitrogens with zero attached hydrogens (tertiary/aromatic N) is 3. The molecule has 1 saturated heterocycles. The maximum atomic E-state index is 13.9. The van der Waals surface area contributed by atoms with Crippen LogP contribution in [-0.4, -0.2) is 53.8 Å². The van der Waals surface area contributed by atoms with Crippen molar-refractivity contribution in [3.05, 3.63) is 99.9 Å². The summed E-state index contributed by atoms with van der Waals surface area (Å²) in [4.78, 5) is 21.2. The lowest BCUT2D eigenvalue weighted by atomic mass is 9.96. The lowest BCUT2D eigenvalue weighted by molar-refractivity contribution is -0.138. The molecule has 0 saturated carbocycles. The minimum Gasteiger partial charge on any atom is -0.304 e. The van der Waals surface area contributed by atoms with Gasteiger partial charge in [-0.1, -0.05) is 36.1 Å². The Bertz CT molecular complexity index is 1280. The molecule has 3 aromatic rings. The van der Waals surface area contributed by atoms with E-state index < -0.39 is 11.7 Å². The Morgan fingerprint density at radius 2 is 1.81 bits per heavy atom. The number of aryl methyl sites for hydroxylation is 1. The van der Waals surface area contributed by atoms with Gasteiger partial charge < -0.3 is 4.90 Å². The summed E-state index contributed by atoms with van der Waals surface area (Å²) in [6.45, 7) is 5.27. The molecular weight excluding hydrogens is 463 g/mol. The van der Waals surface area contributed by atoms with Crippen molar-refractivity contribution in [1.82, 2.24) is 14.8 Å². The van der Waals surface area contributed by atoms with Gasteiger partial charge in [0.05, 0.1) is 5.56 Å². The van der Waals surface area contributed by atoms with Crippen molar-refractivity contribution >= 4 is 5.78 Å². The van der Waals surface area contributed by atoms with Gasteiger partial charge in [0, 0.05) is 68.2 Å². The summed E-state index contributed by atoms with van der Waals surface area (Å²) in [5, 5.41) is 0. The molecular formula is C29H28F3N3O. The van der Waals surface area contributed by atoms with Crippen LogP contribution in [0, 0.1) is 18.8 Å². The van der Waals surface area contributed by atoms with Crippen LogP contribution in [0.25, 0.3) is 0 Å². The molecule has 7 heteroatoms. The third kappa shape index (κ3) is 6.60. The first-order chi connectivity index (χ1) is 17.2. The van der Waals surface area contributed by atoms with Crippen molar-refractivity contribution in [3.8, 4) is 11.8 Å². The number of hydrogen-bond donors (Lipinski definition) is 0. The van der Waals surface area contributed by atoms with E-state index in [0.29, 0.717) is 16.7 Å². The number of halogens is 3. The molecule has 36 heavy (non-hydrogen) atoms. The smallest absolute Gasteiger partial charge is 0.304 e. The SMILES string of the molecule is Cc1ccc(C(=O)Cc2ccc(CN3CCN(C)CC3)c(C(F)(F)F)c2)cc1C#Cc1cccnc1. The highest BCUT2D eigenvalue weighted by Gasteiger charge is 2.34. The Labute approximate surface area is 209 Å². The van der Waals surface area contributed by atoms with Gasteiger partial charge in [-0.2, -0.15) is 13.2 Å². The van der Waals surface area contributed by atoms with E-state index in [1.165, 1.54) is 6.07 Å². The molecule has 2 heterocycles. The van der Waals surface area contributed by atoms with Crippen LogP contribution < -0.4 is 0 Å². The van der Waals surface area contributed by atoms with Gasteiger partial charge in [0.15, 0.2) is 5.78 Å². The monoisotopic (exact) mass is 491 g/mol. The Hall–Kier alpha value is -3.47. The Kier molecular flexibility index (Phi) is 7.88. The van der Waals surface area contributed by atoms with Crippen molar-refractivity contribution in [3.63, 3.8) is 0 Å². The van der Waals surface area contributed by atoms with Gasteiger partial charge in [0.25, 0.3) is 0 Å². The number of Topliss-reactive ketones (excluding diaryl/α,β-unsaturated/α-hetero) is 1. The van der Waals surface area contributed by atoms with Crippen molar-refractivity contribution in [1.29, 1.82) is 0 Å². The number of pyridine rings is 1. The normalized spacial score (nSPS) is 14.8. The summed E-state index contributed by atoms with van der Waals surface area (Å²) in [7, 11) is 2.01. The molecule has 0 N–H and O–H groups in total. The topological polar surface area (TPSA) is 36.4 Å². The number of alkyl halides is 3. The third-order valence-electron chi connectivity index (χ3n) is 6.40. The van der Waals surface area contributed by atoms with E-state index >= 15 is 0 Å². The van der Waals surface area contributed by atoms with E-state index in [0.717, 1.165) is 43.4 Å². The van der Waals surface area contributed by atoms with Gasteiger partial charge in [0.1, 0.15) is 0 Å². The highest BCUT2D eigenvalue weighted by atomic mass is 19.4. The summed E-state index contributed by atoms with van der Waals surface area (Å²) in [6, 6.07) is 13.1. The van der Waals surface area contributed by atoms with Crippen LogP contribution in [0.15, 0.2) is 60.9 Å². The minimum absolute atomic E-state index is 0.115. The van der Waals surface area contributed by atoms with Gasteiger partial charge in [-0.25, -0.2) is 0 Å². The van der Waals surface area contributed by atoms with Crippen molar-refractivity contribution in [2.75, 3.05) is 33.2 Å². The second-order valence-corrected chi connectivity index (χ2v) is 9.19. The predicted molar refractivity (Wildman–Crippen MR) is 134 cm³/mol. The molecule has 1 aliphatic heterocycles. The number of carbonyl (C=O) groups excluding carboxylic acids is 1. The standard InChI is InChI=1S/C29H28F3N3O/c1-21-5-8-25(18-24(21)9-6-22-4-3-11-33-19-22)28(36)17-23-7-10-26(27(16-23)29(30,31)32)20-35-14-12-34(2)13-15-35/h3-5,7-8,10-11,16,18-19H,12-15,17,20H2,1-2H3. The second-order valence-electron chi connectivity index (χ2n) is 9.19. The van der Waals surface area contributed by atoms with Crippen LogP contribution in [0.4, 0.5) is 13.2 Å². The summed E-state index contributed by atoms with van der Waals surface area (Å²) in [5.41, 5.74) is 2.71. The van der Waals surface area contributed by atoms with Gasteiger partial charge >= 0.3 is 6.18 Å². The third-order valence-corrected chi connectivity index (χ3v) is 6.40. The predicted octanol–water partition coefficient (Wildman–Crippen LogP) is 4.98. The van der Waals surface area contributed by atoms with Gasteiger partial charge in [-0.3, -0.25) is 14.7 Å². The Morgan fingerprint density at radius 1 is 1.03 bits per heavy atom. The molecule has 186 valence electrons. The molecule has 0 spiro atoms. The van der Waals surface area contributed by atoms with Gasteiger partial charge in [-0.15, -0.1) is 0 Å². The van der Waals surface area contributed by atoms with Crippen molar-refractivity contribution in [2.45, 2.75) is 26.1 Å². The van der Waals surface area contributed by atoms with E-state index in [1.807, 2.05) is 24.9 Å². The molecule has 1 aromatic heterocycles. The van der Waals surface area contributed by atoms with Gasteiger partial charge in [-0.05, 0) is 54.9 Å². The average molecular weight is 492 g/mol. The molecule has 0 bridgehead atoms. The number of rotatable bonds is 5. The molecule has 4 nitrogen and oxygen atoms in total. The lowest BCUT2D eigenvalue weighted by Gasteiger charge is -2.33. The number of piperazine rings is 1. The zero-order chi connectivity index (χ0) is 25.7. The maximum absolute atomic E-state index is 13.9. The van der Waals surface area contributed by atoms with Crippen molar-refractivity contribution < 1.29 is 18.0 Å². The molecule has 0 aliphatic carbocycles. The number of benzene rings is 2. The number of ketones is 1. The zero-order valence-corrected chi connectivity index (χ0v) is 20.4. The molecule has 0 radical (unpaired) electrons. The molecule has 0 atom stereocenters. The van der Waals surface area contributed by atoms with E-state index in [1.54, 1.807) is 42.7 Å². The van der Waals surface area contributed by atoms with Crippen LogP contribution in [0.3, 0.4) is 0 Å². The van der Waals surface area contributed by atoms with Gasteiger partial charge in [0.2, 0.25) is 0 Å². The Balaban J connectivity index is 1.52. The first-order valence-electron chi connectivity index (χ1n) is 11.8. The zero-order valence-electron chi connectivity index (χ0n) is 20.4. The minimum atomic E-state index is -4.49. The maximum Gasteiger partial charge on any atom is 0.416 e. The summed E-state index contributed by atoms with van der Waals surface area (Å²) in [5.74, 6) is 5.85. The molecule has 2 aromatic carbocycles. The number of likely N-dealkylation sites (N-methyl/N-ethyl adjacent to an activating group) is 1. The highest BCUT2D eigenvalue weighted by Crippen LogP contribution is 2.34. The average Bonchev–Trinajstić information content (AvgIpc) is 2.85. The molecule has 0 amide bonds. The lowest BCUT2D eigenvalue weighted by Crippen LogP contribution is -2.44. The fraction of sp³-hybridized carbons (Fsp3) is 0.310.